The van der Waals surface area contributed by atoms with Crippen LogP contribution in [0, 0.1) is 0 Å². The van der Waals surface area contributed by atoms with Crippen molar-refractivity contribution in [2.45, 2.75) is 25.8 Å². The summed E-state index contributed by atoms with van der Waals surface area (Å²) in [6, 6.07) is 1.84. The number of aryl methyl sites for hydroxylation is 1. The van der Waals surface area contributed by atoms with Crippen LogP contribution in [-0.4, -0.2) is 57.1 Å². The molecule has 124 valence electrons. The van der Waals surface area contributed by atoms with E-state index >= 15 is 0 Å². The van der Waals surface area contributed by atoms with Gasteiger partial charge in [0.15, 0.2) is 5.69 Å². The van der Waals surface area contributed by atoms with Gasteiger partial charge in [-0.05, 0) is 7.05 Å². The zero-order valence-corrected chi connectivity index (χ0v) is 14.1. The van der Waals surface area contributed by atoms with E-state index in [2.05, 4.69) is 22.1 Å². The maximum Gasteiger partial charge on any atom is 0.276 e. The van der Waals surface area contributed by atoms with Gasteiger partial charge >= 0.3 is 0 Å². The molecule has 3 heterocycles. The second kappa shape index (κ2) is 6.16. The molecule has 1 amide bonds. The topological polar surface area (TPSA) is 67.4 Å². The van der Waals surface area contributed by atoms with Gasteiger partial charge in [-0.15, -0.1) is 0 Å². The molecular weight excluding hydrogens is 294 g/mol. The molecule has 0 saturated carbocycles. The molecule has 0 bridgehead atoms. The zero-order chi connectivity index (χ0) is 16.6. The molecule has 3 rings (SSSR count). The van der Waals surface area contributed by atoms with Gasteiger partial charge in [0.05, 0.1) is 6.04 Å². The fourth-order valence-corrected chi connectivity index (χ4v) is 2.86. The molecule has 2 aromatic heterocycles. The molecule has 1 aliphatic rings. The van der Waals surface area contributed by atoms with Gasteiger partial charge in [-0.2, -0.15) is 0 Å². The molecule has 1 atom stereocenters. The minimum atomic E-state index is -0.0760. The number of rotatable bonds is 3. The molecule has 23 heavy (non-hydrogen) atoms. The van der Waals surface area contributed by atoms with E-state index in [0.29, 0.717) is 18.8 Å². The number of aromatic nitrogens is 3. The van der Waals surface area contributed by atoms with Gasteiger partial charge in [-0.1, -0.05) is 19.0 Å². The quantitative estimate of drug-likeness (QED) is 0.861. The highest BCUT2D eigenvalue weighted by atomic mass is 16.5. The van der Waals surface area contributed by atoms with E-state index in [1.807, 2.05) is 36.6 Å². The fourth-order valence-electron chi connectivity index (χ4n) is 2.86. The molecule has 7 nitrogen and oxygen atoms in total. The Bertz CT molecular complexity index is 690. The summed E-state index contributed by atoms with van der Waals surface area (Å²) in [6.45, 7) is 6.12. The third-order valence-corrected chi connectivity index (χ3v) is 4.41. The zero-order valence-electron chi connectivity index (χ0n) is 14.1. The van der Waals surface area contributed by atoms with Gasteiger partial charge in [0.25, 0.3) is 5.91 Å². The van der Waals surface area contributed by atoms with Crippen molar-refractivity contribution in [1.82, 2.24) is 24.5 Å². The summed E-state index contributed by atoms with van der Waals surface area (Å²) in [5, 5.41) is 3.94. The van der Waals surface area contributed by atoms with Crippen LogP contribution in [0.3, 0.4) is 0 Å². The van der Waals surface area contributed by atoms with Crippen LogP contribution in [0.25, 0.3) is 0 Å². The second-order valence-corrected chi connectivity index (χ2v) is 6.41. The van der Waals surface area contributed by atoms with Gasteiger partial charge in [0, 0.05) is 51.1 Å². The number of carbonyl (C=O) groups excluding carboxylic acids is 1. The van der Waals surface area contributed by atoms with E-state index in [1.165, 1.54) is 0 Å². The van der Waals surface area contributed by atoms with Crippen LogP contribution in [0.1, 0.15) is 47.9 Å². The van der Waals surface area contributed by atoms with Gasteiger partial charge in [-0.3, -0.25) is 9.69 Å². The summed E-state index contributed by atoms with van der Waals surface area (Å²) < 4.78 is 7.26. The standard InChI is InChI=1S/C16H23N5O2/c1-11(2)14-9-12(18-23-14)16(22)21-8-7-19(3)13(10-21)15-17-5-6-20(15)4/h5-6,9,11,13H,7-8,10H2,1-4H3/t13-/m1/s1. The maximum absolute atomic E-state index is 12.7. The predicted molar refractivity (Wildman–Crippen MR) is 85.1 cm³/mol. The summed E-state index contributed by atoms with van der Waals surface area (Å²) in [5.41, 5.74) is 0.386. The first-order valence-corrected chi connectivity index (χ1v) is 7.90. The monoisotopic (exact) mass is 317 g/mol. The van der Waals surface area contributed by atoms with E-state index in [9.17, 15) is 4.79 Å². The van der Waals surface area contributed by atoms with E-state index in [-0.39, 0.29) is 17.9 Å². The minimum Gasteiger partial charge on any atom is -0.360 e. The van der Waals surface area contributed by atoms with Crippen molar-refractivity contribution >= 4 is 5.91 Å². The molecule has 0 spiro atoms. The largest absolute Gasteiger partial charge is 0.360 e. The molecule has 0 aliphatic carbocycles. The van der Waals surface area contributed by atoms with Gasteiger partial charge in [-0.25, -0.2) is 4.98 Å². The van der Waals surface area contributed by atoms with E-state index in [0.717, 1.165) is 18.1 Å². The van der Waals surface area contributed by atoms with Gasteiger partial charge in [0.2, 0.25) is 0 Å². The summed E-state index contributed by atoms with van der Waals surface area (Å²) in [5.74, 6) is 1.85. The van der Waals surface area contributed by atoms with Crippen molar-refractivity contribution in [2.75, 3.05) is 26.7 Å². The number of amides is 1. The van der Waals surface area contributed by atoms with E-state index in [1.54, 1.807) is 12.3 Å². The lowest BCUT2D eigenvalue weighted by molar-refractivity contribution is 0.0519. The smallest absolute Gasteiger partial charge is 0.276 e. The third kappa shape index (κ3) is 3.01. The first-order valence-electron chi connectivity index (χ1n) is 7.90. The van der Waals surface area contributed by atoms with Crippen molar-refractivity contribution < 1.29 is 9.32 Å². The SMILES string of the molecule is CC(C)c1cc(C(=O)N2CCN(C)[C@@H](c3nccn3C)C2)no1. The van der Waals surface area contributed by atoms with Crippen molar-refractivity contribution in [2.24, 2.45) is 7.05 Å². The molecule has 0 radical (unpaired) electrons. The lowest BCUT2D eigenvalue weighted by Gasteiger charge is -2.38. The second-order valence-electron chi connectivity index (χ2n) is 6.41. The first-order chi connectivity index (χ1) is 11.0. The summed E-state index contributed by atoms with van der Waals surface area (Å²) in [4.78, 5) is 21.2. The lowest BCUT2D eigenvalue weighted by atomic mass is 10.1. The van der Waals surface area contributed by atoms with Crippen LogP contribution >= 0.6 is 0 Å². The highest BCUT2D eigenvalue weighted by molar-refractivity contribution is 5.92. The predicted octanol–water partition coefficient (Wildman–Crippen LogP) is 1.66. The first kappa shape index (κ1) is 15.7. The molecule has 1 saturated heterocycles. The number of piperazine rings is 1. The summed E-state index contributed by atoms with van der Waals surface area (Å²) in [7, 11) is 4.04. The molecule has 0 unspecified atom stereocenters. The Morgan fingerprint density at radius 3 is 2.74 bits per heavy atom. The Kier molecular flexibility index (Phi) is 4.21. The van der Waals surface area contributed by atoms with E-state index < -0.39 is 0 Å². The molecule has 2 aromatic rings. The molecule has 1 aliphatic heterocycles. The van der Waals surface area contributed by atoms with Gasteiger partial charge < -0.3 is 14.0 Å². The third-order valence-electron chi connectivity index (χ3n) is 4.41. The normalized spacial score (nSPS) is 19.5. The number of likely N-dealkylation sites (N-methyl/N-ethyl adjacent to an activating group) is 1. The Labute approximate surface area is 135 Å². The van der Waals surface area contributed by atoms with Crippen LogP contribution in [-0.2, 0) is 7.05 Å². The molecule has 7 heteroatoms. The van der Waals surface area contributed by atoms with Crippen LogP contribution < -0.4 is 0 Å². The van der Waals surface area contributed by atoms with Crippen molar-refractivity contribution in [3.63, 3.8) is 0 Å². The van der Waals surface area contributed by atoms with Crippen molar-refractivity contribution in [3.8, 4) is 0 Å². The molecule has 0 aromatic carbocycles. The Hall–Kier alpha value is -2.15. The highest BCUT2D eigenvalue weighted by Gasteiger charge is 2.32. The van der Waals surface area contributed by atoms with Crippen LogP contribution in [0.5, 0.6) is 0 Å². The van der Waals surface area contributed by atoms with Crippen LogP contribution in [0.4, 0.5) is 0 Å². The van der Waals surface area contributed by atoms with Crippen molar-refractivity contribution in [1.29, 1.82) is 0 Å². The number of imidazole rings is 1. The number of hydrogen-bond donors (Lipinski definition) is 0. The van der Waals surface area contributed by atoms with Crippen LogP contribution in [0.15, 0.2) is 23.0 Å². The molecular formula is C16H23N5O2. The summed E-state index contributed by atoms with van der Waals surface area (Å²) in [6.07, 6.45) is 3.72. The van der Waals surface area contributed by atoms with E-state index in [4.69, 9.17) is 4.52 Å². The minimum absolute atomic E-state index is 0.0760. The highest BCUT2D eigenvalue weighted by Crippen LogP contribution is 2.24. The Morgan fingerprint density at radius 1 is 1.35 bits per heavy atom. The lowest BCUT2D eigenvalue weighted by Crippen LogP contribution is -2.49. The average Bonchev–Trinajstić information content (AvgIpc) is 3.16. The summed E-state index contributed by atoms with van der Waals surface area (Å²) >= 11 is 0. The average molecular weight is 317 g/mol. The molecule has 0 N–H and O–H groups in total. The number of hydrogen-bond acceptors (Lipinski definition) is 5. The number of carbonyl (C=O) groups is 1. The maximum atomic E-state index is 12.7. The Balaban J connectivity index is 1.77. The van der Waals surface area contributed by atoms with Crippen LogP contribution in [0.2, 0.25) is 0 Å². The van der Waals surface area contributed by atoms with Crippen molar-refractivity contribution in [3.05, 3.63) is 35.7 Å². The Morgan fingerprint density at radius 2 is 2.13 bits per heavy atom. The fraction of sp³-hybridized carbons (Fsp3) is 0.562. The molecule has 1 fully saturated rings. The van der Waals surface area contributed by atoms with Gasteiger partial charge in [0.1, 0.15) is 11.6 Å². The number of nitrogens with zero attached hydrogens (tertiary/aromatic N) is 5.